The lowest BCUT2D eigenvalue weighted by molar-refractivity contribution is -0.143. The maximum Gasteiger partial charge on any atom is 0.326 e. The number of nitrogens with zero attached hydrogens (tertiary/aromatic N) is 1. The third-order valence-corrected chi connectivity index (χ3v) is 4.47. The van der Waals surface area contributed by atoms with Crippen LogP contribution >= 0.6 is 0 Å². The van der Waals surface area contributed by atoms with Crippen molar-refractivity contribution in [3.63, 3.8) is 0 Å². The summed E-state index contributed by atoms with van der Waals surface area (Å²) in [5.74, 6) is -2.68. The van der Waals surface area contributed by atoms with Gasteiger partial charge >= 0.3 is 12.0 Å². The smallest absolute Gasteiger partial charge is 0.326 e. The summed E-state index contributed by atoms with van der Waals surface area (Å²) in [6, 6.07) is 4.23. The number of para-hydroxylation sites is 2. The lowest BCUT2D eigenvalue weighted by Crippen LogP contribution is -2.58. The number of hydrogen-bond acceptors (Lipinski definition) is 4. The molecule has 1 aliphatic heterocycles. The average molecular weight is 390 g/mol. The van der Waals surface area contributed by atoms with Gasteiger partial charge in [0.1, 0.15) is 18.6 Å². The van der Waals surface area contributed by atoms with Crippen LogP contribution in [0.1, 0.15) is 27.7 Å². The van der Waals surface area contributed by atoms with Gasteiger partial charge in [-0.15, -0.1) is 0 Å². The fourth-order valence-corrected chi connectivity index (χ4v) is 2.92. The monoisotopic (exact) mass is 390 g/mol. The predicted octanol–water partition coefficient (Wildman–Crippen LogP) is 1.40. The van der Waals surface area contributed by atoms with Crippen molar-refractivity contribution < 1.29 is 24.3 Å². The molecule has 1 aromatic carbocycles. The lowest BCUT2D eigenvalue weighted by Gasteiger charge is -2.32. The molecule has 9 heteroatoms. The third-order valence-electron chi connectivity index (χ3n) is 4.47. The highest BCUT2D eigenvalue weighted by molar-refractivity contribution is 6.10. The molecule has 4 N–H and O–H groups in total. The molecule has 0 radical (unpaired) electrons. The quantitative estimate of drug-likeness (QED) is 0.584. The van der Waals surface area contributed by atoms with E-state index in [4.69, 9.17) is 0 Å². The standard InChI is InChI=1S/C19H26N4O5/c1-10(2)15(17(25)21-16(11(3)4)18(26)27)22-19(28)23-9-14(24)20-12-7-5-6-8-13(12)23/h5-8,10-11,15-16H,9H2,1-4H3,(H,20,24)(H,21,25)(H,22,28)(H,26,27). The first kappa shape index (κ1) is 21.2. The van der Waals surface area contributed by atoms with E-state index in [0.29, 0.717) is 11.4 Å². The molecule has 2 unspecified atom stereocenters. The number of amides is 4. The molecule has 1 aromatic rings. The van der Waals surface area contributed by atoms with E-state index in [1.54, 1.807) is 52.0 Å². The minimum Gasteiger partial charge on any atom is -0.480 e. The van der Waals surface area contributed by atoms with E-state index in [-0.39, 0.29) is 24.3 Å². The number of carbonyl (C=O) groups excluding carboxylic acids is 3. The first-order chi connectivity index (χ1) is 13.1. The third kappa shape index (κ3) is 4.79. The zero-order valence-electron chi connectivity index (χ0n) is 16.4. The molecule has 0 bridgehead atoms. The molecule has 2 rings (SSSR count). The van der Waals surface area contributed by atoms with Crippen molar-refractivity contribution in [2.24, 2.45) is 11.8 Å². The van der Waals surface area contributed by atoms with Crippen LogP contribution in [0.3, 0.4) is 0 Å². The Kier molecular flexibility index (Phi) is 6.61. The van der Waals surface area contributed by atoms with Crippen molar-refractivity contribution in [1.29, 1.82) is 0 Å². The lowest BCUT2D eigenvalue weighted by atomic mass is 10.0. The number of rotatable bonds is 6. The molecule has 0 aliphatic carbocycles. The largest absolute Gasteiger partial charge is 0.480 e. The van der Waals surface area contributed by atoms with Crippen LogP contribution in [0.15, 0.2) is 24.3 Å². The number of carboxylic acids is 1. The molecule has 4 amide bonds. The zero-order valence-corrected chi connectivity index (χ0v) is 16.4. The molecule has 1 aliphatic rings. The van der Waals surface area contributed by atoms with E-state index in [1.165, 1.54) is 4.90 Å². The number of urea groups is 1. The van der Waals surface area contributed by atoms with Gasteiger partial charge in [0, 0.05) is 0 Å². The van der Waals surface area contributed by atoms with Crippen molar-refractivity contribution in [2.75, 3.05) is 16.8 Å². The minimum absolute atomic E-state index is 0.182. The number of carboxylic acid groups (broad SMARTS) is 1. The number of nitrogens with one attached hydrogen (secondary N) is 3. The van der Waals surface area contributed by atoms with Gasteiger partial charge in [0.15, 0.2) is 0 Å². The Labute approximate surface area is 163 Å². The molecule has 9 nitrogen and oxygen atoms in total. The average Bonchev–Trinajstić information content (AvgIpc) is 2.62. The molecule has 0 aromatic heterocycles. The van der Waals surface area contributed by atoms with E-state index in [0.717, 1.165) is 0 Å². The maximum atomic E-state index is 12.8. The Morgan fingerprint density at radius 1 is 1.04 bits per heavy atom. The van der Waals surface area contributed by atoms with Crippen LogP contribution in [-0.2, 0) is 14.4 Å². The number of anilines is 2. The van der Waals surface area contributed by atoms with E-state index in [9.17, 15) is 24.3 Å². The fourth-order valence-electron chi connectivity index (χ4n) is 2.92. The van der Waals surface area contributed by atoms with Crippen molar-refractivity contribution in [3.05, 3.63) is 24.3 Å². The van der Waals surface area contributed by atoms with E-state index >= 15 is 0 Å². The van der Waals surface area contributed by atoms with Gasteiger partial charge in [-0.1, -0.05) is 39.8 Å². The molecular formula is C19H26N4O5. The van der Waals surface area contributed by atoms with Crippen molar-refractivity contribution in [2.45, 2.75) is 39.8 Å². The molecule has 0 saturated carbocycles. The molecule has 0 saturated heterocycles. The summed E-state index contributed by atoms with van der Waals surface area (Å²) in [5.41, 5.74) is 1.03. The normalized spacial score (nSPS) is 15.5. The van der Waals surface area contributed by atoms with Crippen LogP contribution in [0.2, 0.25) is 0 Å². The summed E-state index contributed by atoms with van der Waals surface area (Å²) >= 11 is 0. The number of aliphatic carboxylic acids is 1. The zero-order chi connectivity index (χ0) is 21.0. The molecule has 0 spiro atoms. The summed E-state index contributed by atoms with van der Waals surface area (Å²) in [7, 11) is 0. The second-order valence-electron chi connectivity index (χ2n) is 7.39. The summed E-state index contributed by atoms with van der Waals surface area (Å²) in [4.78, 5) is 50.0. The first-order valence-electron chi connectivity index (χ1n) is 9.12. The van der Waals surface area contributed by atoms with E-state index in [2.05, 4.69) is 16.0 Å². The van der Waals surface area contributed by atoms with Gasteiger partial charge in [-0.2, -0.15) is 0 Å². The highest BCUT2D eigenvalue weighted by Crippen LogP contribution is 2.28. The Hall–Kier alpha value is -3.10. The number of carbonyl (C=O) groups is 4. The van der Waals surface area contributed by atoms with Crippen molar-refractivity contribution >= 4 is 35.2 Å². The Morgan fingerprint density at radius 3 is 2.21 bits per heavy atom. The topological polar surface area (TPSA) is 128 Å². The number of hydrogen-bond donors (Lipinski definition) is 4. The summed E-state index contributed by atoms with van der Waals surface area (Å²) < 4.78 is 0. The van der Waals surface area contributed by atoms with Crippen LogP contribution in [0, 0.1) is 11.8 Å². The van der Waals surface area contributed by atoms with Crippen LogP contribution in [-0.4, -0.2) is 47.5 Å². The summed E-state index contributed by atoms with van der Waals surface area (Å²) in [6.45, 7) is 6.68. The van der Waals surface area contributed by atoms with Crippen LogP contribution < -0.4 is 20.9 Å². The predicted molar refractivity (Wildman–Crippen MR) is 104 cm³/mol. The Bertz CT molecular complexity index is 777. The molecular weight excluding hydrogens is 364 g/mol. The summed E-state index contributed by atoms with van der Waals surface area (Å²) in [5, 5.41) is 17.1. The van der Waals surface area contributed by atoms with E-state index < -0.39 is 30.0 Å². The maximum absolute atomic E-state index is 12.8. The fraction of sp³-hybridized carbons (Fsp3) is 0.474. The van der Waals surface area contributed by atoms with Gasteiger partial charge in [0.05, 0.1) is 11.4 Å². The molecule has 28 heavy (non-hydrogen) atoms. The molecule has 152 valence electrons. The second kappa shape index (κ2) is 8.73. The van der Waals surface area contributed by atoms with Crippen LogP contribution in [0.25, 0.3) is 0 Å². The van der Waals surface area contributed by atoms with Gasteiger partial charge in [-0.3, -0.25) is 14.5 Å². The SMILES string of the molecule is CC(C)C(NC(=O)C(NC(=O)N1CC(=O)Nc2ccccc21)C(C)C)C(=O)O. The van der Waals surface area contributed by atoms with Gasteiger partial charge < -0.3 is 21.1 Å². The molecule has 1 heterocycles. The van der Waals surface area contributed by atoms with Gasteiger partial charge in [0.25, 0.3) is 0 Å². The van der Waals surface area contributed by atoms with Gasteiger partial charge in [0.2, 0.25) is 11.8 Å². The number of fused-ring (bicyclic) bond motifs is 1. The van der Waals surface area contributed by atoms with Gasteiger partial charge in [-0.05, 0) is 24.0 Å². The van der Waals surface area contributed by atoms with Crippen LogP contribution in [0.4, 0.5) is 16.2 Å². The second-order valence-corrected chi connectivity index (χ2v) is 7.39. The van der Waals surface area contributed by atoms with Crippen molar-refractivity contribution in [1.82, 2.24) is 10.6 Å². The van der Waals surface area contributed by atoms with Crippen molar-refractivity contribution in [3.8, 4) is 0 Å². The minimum atomic E-state index is -1.14. The summed E-state index contributed by atoms with van der Waals surface area (Å²) in [6.07, 6.45) is 0. The van der Waals surface area contributed by atoms with E-state index in [1.807, 2.05) is 0 Å². The van der Waals surface area contributed by atoms with Crippen LogP contribution in [0.5, 0.6) is 0 Å². The van der Waals surface area contributed by atoms with Gasteiger partial charge in [-0.25, -0.2) is 9.59 Å². The molecule has 2 atom stereocenters. The Balaban J connectivity index is 2.18. The first-order valence-corrected chi connectivity index (χ1v) is 9.12. The molecule has 0 fully saturated rings. The Morgan fingerprint density at radius 2 is 1.64 bits per heavy atom. The highest BCUT2D eigenvalue weighted by atomic mass is 16.4. The highest BCUT2D eigenvalue weighted by Gasteiger charge is 2.33. The number of benzene rings is 1.